The monoisotopic (exact) mass is 308 g/mol. The van der Waals surface area contributed by atoms with Crippen molar-refractivity contribution in [3.63, 3.8) is 0 Å². The van der Waals surface area contributed by atoms with Gasteiger partial charge in [-0.05, 0) is 37.6 Å². The van der Waals surface area contributed by atoms with Crippen LogP contribution in [0.25, 0.3) is 0 Å². The third-order valence-corrected chi connectivity index (χ3v) is 3.85. The Morgan fingerprint density at radius 1 is 1.14 bits per heavy atom. The summed E-state index contributed by atoms with van der Waals surface area (Å²) in [6, 6.07) is 5.76. The van der Waals surface area contributed by atoms with Gasteiger partial charge < -0.3 is 10.0 Å². The van der Waals surface area contributed by atoms with E-state index in [2.05, 4.69) is 4.90 Å². The van der Waals surface area contributed by atoms with Crippen molar-refractivity contribution in [2.45, 2.75) is 19.3 Å². The second-order valence-corrected chi connectivity index (χ2v) is 5.50. The molecule has 5 nitrogen and oxygen atoms in total. The minimum Gasteiger partial charge on any atom is -0.481 e. The first-order chi connectivity index (χ1) is 10.6. The lowest BCUT2D eigenvalue weighted by atomic mass is 10.1. The van der Waals surface area contributed by atoms with E-state index in [1.165, 1.54) is 12.1 Å². The summed E-state index contributed by atoms with van der Waals surface area (Å²) < 4.78 is 13.2. The fourth-order valence-corrected chi connectivity index (χ4v) is 2.59. The van der Waals surface area contributed by atoms with Crippen LogP contribution in [0.5, 0.6) is 0 Å². The molecule has 6 heteroatoms. The average molecular weight is 308 g/mol. The highest BCUT2D eigenvalue weighted by molar-refractivity contribution is 5.94. The van der Waals surface area contributed by atoms with Gasteiger partial charge in [0.25, 0.3) is 5.91 Å². The molecule has 0 radical (unpaired) electrons. The van der Waals surface area contributed by atoms with Gasteiger partial charge >= 0.3 is 5.97 Å². The second-order valence-electron chi connectivity index (χ2n) is 5.50. The van der Waals surface area contributed by atoms with E-state index in [-0.39, 0.29) is 12.3 Å². The first kappa shape index (κ1) is 16.4. The summed E-state index contributed by atoms with van der Waals surface area (Å²) in [7, 11) is 0. The van der Waals surface area contributed by atoms with Crippen LogP contribution in [0.4, 0.5) is 4.39 Å². The number of carbonyl (C=O) groups is 2. The van der Waals surface area contributed by atoms with Crippen LogP contribution >= 0.6 is 0 Å². The highest BCUT2D eigenvalue weighted by Crippen LogP contribution is 2.11. The highest BCUT2D eigenvalue weighted by atomic mass is 19.1. The lowest BCUT2D eigenvalue weighted by Gasteiger charge is -2.34. The van der Waals surface area contributed by atoms with E-state index < -0.39 is 11.8 Å². The van der Waals surface area contributed by atoms with Crippen molar-refractivity contribution in [1.29, 1.82) is 0 Å². The number of carbonyl (C=O) groups excluding carboxylic acids is 1. The molecule has 1 amide bonds. The molecule has 0 atom stereocenters. The van der Waals surface area contributed by atoms with Crippen molar-refractivity contribution < 1.29 is 19.1 Å². The maximum atomic E-state index is 13.2. The maximum absolute atomic E-state index is 13.2. The molecule has 1 N–H and O–H groups in total. The van der Waals surface area contributed by atoms with Gasteiger partial charge in [0.15, 0.2) is 0 Å². The maximum Gasteiger partial charge on any atom is 0.303 e. The summed E-state index contributed by atoms with van der Waals surface area (Å²) in [5.41, 5.74) is 0.384. The van der Waals surface area contributed by atoms with Crippen LogP contribution in [0.1, 0.15) is 29.6 Å². The molecule has 0 unspecified atom stereocenters. The second kappa shape index (κ2) is 7.89. The molecule has 0 aliphatic carbocycles. The van der Waals surface area contributed by atoms with Crippen molar-refractivity contribution in [1.82, 2.24) is 9.80 Å². The number of piperazine rings is 1. The Kier molecular flexibility index (Phi) is 5.89. The zero-order valence-electron chi connectivity index (χ0n) is 12.5. The molecule has 1 saturated heterocycles. The standard InChI is InChI=1S/C16H21FN2O3/c17-14-5-3-4-13(12-14)16(22)19-10-8-18(9-11-19)7-2-1-6-15(20)21/h3-5,12H,1-2,6-11H2,(H,20,21). The number of rotatable bonds is 6. The molecule has 22 heavy (non-hydrogen) atoms. The molecule has 120 valence electrons. The summed E-state index contributed by atoms with van der Waals surface area (Å²) in [6.45, 7) is 3.64. The quantitative estimate of drug-likeness (QED) is 0.815. The number of hydrogen-bond acceptors (Lipinski definition) is 3. The number of benzene rings is 1. The minimum atomic E-state index is -0.759. The molecule has 1 aliphatic heterocycles. The van der Waals surface area contributed by atoms with Gasteiger partial charge in [-0.25, -0.2) is 4.39 Å². The Morgan fingerprint density at radius 2 is 1.86 bits per heavy atom. The lowest BCUT2D eigenvalue weighted by molar-refractivity contribution is -0.137. The third kappa shape index (κ3) is 4.80. The predicted octanol–water partition coefficient (Wildman–Crippen LogP) is 1.84. The van der Waals surface area contributed by atoms with Crippen molar-refractivity contribution in [2.75, 3.05) is 32.7 Å². The number of nitrogens with zero attached hydrogens (tertiary/aromatic N) is 2. The smallest absolute Gasteiger partial charge is 0.303 e. The van der Waals surface area contributed by atoms with E-state index in [9.17, 15) is 14.0 Å². The zero-order chi connectivity index (χ0) is 15.9. The van der Waals surface area contributed by atoms with Gasteiger partial charge in [-0.15, -0.1) is 0 Å². The zero-order valence-corrected chi connectivity index (χ0v) is 12.5. The fourth-order valence-electron chi connectivity index (χ4n) is 2.59. The molecule has 1 heterocycles. The van der Waals surface area contributed by atoms with E-state index in [4.69, 9.17) is 5.11 Å². The van der Waals surface area contributed by atoms with Gasteiger partial charge in [0.05, 0.1) is 0 Å². The van der Waals surface area contributed by atoms with E-state index in [0.717, 1.165) is 26.1 Å². The minimum absolute atomic E-state index is 0.134. The van der Waals surface area contributed by atoms with Crippen molar-refractivity contribution in [3.05, 3.63) is 35.6 Å². The summed E-state index contributed by atoms with van der Waals surface area (Å²) in [4.78, 5) is 26.7. The predicted molar refractivity (Wildman–Crippen MR) is 80.2 cm³/mol. The Hall–Kier alpha value is -1.95. The summed E-state index contributed by atoms with van der Waals surface area (Å²) in [5, 5.41) is 8.59. The van der Waals surface area contributed by atoms with E-state index >= 15 is 0 Å². The van der Waals surface area contributed by atoms with Crippen LogP contribution in [-0.4, -0.2) is 59.5 Å². The molecular weight excluding hydrogens is 287 g/mol. The van der Waals surface area contributed by atoms with Gasteiger partial charge in [-0.3, -0.25) is 14.5 Å². The molecule has 0 bridgehead atoms. The van der Waals surface area contributed by atoms with E-state index in [1.54, 1.807) is 17.0 Å². The van der Waals surface area contributed by atoms with Crippen molar-refractivity contribution in [2.24, 2.45) is 0 Å². The molecule has 1 aromatic carbocycles. The Labute approximate surface area is 129 Å². The highest BCUT2D eigenvalue weighted by Gasteiger charge is 2.22. The number of amides is 1. The number of carboxylic acid groups (broad SMARTS) is 1. The Balaban J connectivity index is 1.75. The fraction of sp³-hybridized carbons (Fsp3) is 0.500. The van der Waals surface area contributed by atoms with E-state index in [0.29, 0.717) is 25.1 Å². The summed E-state index contributed by atoms with van der Waals surface area (Å²) in [6.07, 6.45) is 1.74. The van der Waals surface area contributed by atoms with Crippen molar-refractivity contribution in [3.8, 4) is 0 Å². The number of hydrogen-bond donors (Lipinski definition) is 1. The summed E-state index contributed by atoms with van der Waals surface area (Å²) in [5.74, 6) is -1.29. The third-order valence-electron chi connectivity index (χ3n) is 3.85. The van der Waals surface area contributed by atoms with Gasteiger partial charge in [-0.1, -0.05) is 6.07 Å². The van der Waals surface area contributed by atoms with Crippen LogP contribution < -0.4 is 0 Å². The van der Waals surface area contributed by atoms with Gasteiger partial charge in [-0.2, -0.15) is 0 Å². The number of carboxylic acids is 1. The first-order valence-corrected chi connectivity index (χ1v) is 7.55. The molecule has 2 rings (SSSR count). The van der Waals surface area contributed by atoms with Crippen LogP contribution in [0, 0.1) is 5.82 Å². The Morgan fingerprint density at radius 3 is 2.50 bits per heavy atom. The first-order valence-electron chi connectivity index (χ1n) is 7.55. The molecule has 1 fully saturated rings. The molecular formula is C16H21FN2O3. The van der Waals surface area contributed by atoms with Crippen LogP contribution in [-0.2, 0) is 4.79 Å². The number of aliphatic carboxylic acids is 1. The number of halogens is 1. The van der Waals surface area contributed by atoms with Gasteiger partial charge in [0.1, 0.15) is 5.82 Å². The van der Waals surface area contributed by atoms with Crippen LogP contribution in [0.2, 0.25) is 0 Å². The normalized spacial score (nSPS) is 15.8. The molecule has 0 spiro atoms. The van der Waals surface area contributed by atoms with Crippen LogP contribution in [0.3, 0.4) is 0 Å². The topological polar surface area (TPSA) is 60.9 Å². The molecule has 0 saturated carbocycles. The van der Waals surface area contributed by atoms with E-state index in [1.807, 2.05) is 0 Å². The van der Waals surface area contributed by atoms with Gasteiger partial charge in [0.2, 0.25) is 0 Å². The largest absolute Gasteiger partial charge is 0.481 e. The van der Waals surface area contributed by atoms with Gasteiger partial charge in [0, 0.05) is 38.2 Å². The molecule has 0 aromatic heterocycles. The molecule has 1 aliphatic rings. The lowest BCUT2D eigenvalue weighted by Crippen LogP contribution is -2.48. The molecule has 1 aromatic rings. The van der Waals surface area contributed by atoms with Crippen LogP contribution in [0.15, 0.2) is 24.3 Å². The average Bonchev–Trinajstić information content (AvgIpc) is 2.51. The number of unbranched alkanes of at least 4 members (excludes halogenated alkanes) is 1. The van der Waals surface area contributed by atoms with Crippen molar-refractivity contribution >= 4 is 11.9 Å². The SMILES string of the molecule is O=C(O)CCCCN1CCN(C(=O)c2cccc(F)c2)CC1. The summed E-state index contributed by atoms with van der Waals surface area (Å²) >= 11 is 0. The Bertz CT molecular complexity index is 528.